The fraction of sp³-hybridized carbons (Fsp3) is 0.875. The van der Waals surface area contributed by atoms with Gasteiger partial charge in [0.05, 0.1) is 9.74 Å². The monoisotopic (exact) mass is 204 g/mol. The van der Waals surface area contributed by atoms with Crippen molar-refractivity contribution in [2.24, 2.45) is 11.7 Å². The van der Waals surface area contributed by atoms with E-state index in [0.29, 0.717) is 10.1 Å². The molecule has 1 heterocycles. The molecule has 2 nitrogen and oxygen atoms in total. The first-order chi connectivity index (χ1) is 5.61. The third kappa shape index (κ3) is 1.82. The van der Waals surface area contributed by atoms with Crippen LogP contribution in [-0.4, -0.2) is 22.8 Å². The van der Waals surface area contributed by atoms with Crippen LogP contribution in [0, 0.1) is 5.92 Å². The van der Waals surface area contributed by atoms with Crippen molar-refractivity contribution in [1.82, 2.24) is 5.32 Å². The van der Waals surface area contributed by atoms with Crippen LogP contribution in [0.4, 0.5) is 0 Å². The summed E-state index contributed by atoms with van der Waals surface area (Å²) in [6, 6.07) is 0. The van der Waals surface area contributed by atoms with Gasteiger partial charge >= 0.3 is 0 Å². The summed E-state index contributed by atoms with van der Waals surface area (Å²) in [7, 11) is 0. The third-order valence-corrected chi connectivity index (χ3v) is 3.57. The zero-order chi connectivity index (χ0) is 9.19. The first kappa shape index (κ1) is 10.4. The summed E-state index contributed by atoms with van der Waals surface area (Å²) in [5.41, 5.74) is 5.84. The van der Waals surface area contributed by atoms with Crippen molar-refractivity contribution in [1.29, 1.82) is 0 Å². The van der Waals surface area contributed by atoms with E-state index >= 15 is 0 Å². The topological polar surface area (TPSA) is 38.0 Å². The molecular formula is C8H16N2S2. The smallest absolute Gasteiger partial charge is 0.0650 e. The zero-order valence-electron chi connectivity index (χ0n) is 7.34. The molecule has 0 aromatic heterocycles. The standard InChI is InChI=1S/C8H16N2S2/c1-2-8(9,7(11)12)6-3-4-10-5-6/h6,10H,2-5,9H2,1H3,(H,11,12). The van der Waals surface area contributed by atoms with Crippen molar-refractivity contribution >= 4 is 29.0 Å². The van der Waals surface area contributed by atoms with Gasteiger partial charge in [-0.2, -0.15) is 0 Å². The summed E-state index contributed by atoms with van der Waals surface area (Å²) >= 11 is 9.29. The fourth-order valence-electron chi connectivity index (χ4n) is 1.71. The number of hydrogen-bond acceptors (Lipinski definition) is 3. The molecule has 0 saturated carbocycles. The molecule has 1 fully saturated rings. The van der Waals surface area contributed by atoms with Gasteiger partial charge in [0.1, 0.15) is 0 Å². The number of rotatable bonds is 3. The lowest BCUT2D eigenvalue weighted by atomic mass is 9.83. The quantitative estimate of drug-likeness (QED) is 0.473. The van der Waals surface area contributed by atoms with Gasteiger partial charge in [0.2, 0.25) is 0 Å². The molecule has 4 heteroatoms. The van der Waals surface area contributed by atoms with Gasteiger partial charge in [-0.1, -0.05) is 19.1 Å². The maximum Gasteiger partial charge on any atom is 0.0650 e. The van der Waals surface area contributed by atoms with Crippen LogP contribution in [0.15, 0.2) is 0 Å². The van der Waals surface area contributed by atoms with E-state index in [1.54, 1.807) is 0 Å². The van der Waals surface area contributed by atoms with Crippen molar-refractivity contribution < 1.29 is 0 Å². The SMILES string of the molecule is CCC(N)(C(=S)S)C1CCNC1. The summed E-state index contributed by atoms with van der Waals surface area (Å²) in [5.74, 6) is 0.465. The molecule has 0 amide bonds. The lowest BCUT2D eigenvalue weighted by Crippen LogP contribution is -2.51. The van der Waals surface area contributed by atoms with E-state index in [4.69, 9.17) is 18.0 Å². The van der Waals surface area contributed by atoms with Crippen LogP contribution in [0.5, 0.6) is 0 Å². The minimum Gasteiger partial charge on any atom is -0.320 e. The van der Waals surface area contributed by atoms with Gasteiger partial charge in [-0.3, -0.25) is 0 Å². The molecule has 0 bridgehead atoms. The Balaban J connectivity index is 2.70. The number of hydrogen-bond donors (Lipinski definition) is 3. The minimum absolute atomic E-state index is 0.345. The van der Waals surface area contributed by atoms with Gasteiger partial charge in [-0.25, -0.2) is 0 Å². The van der Waals surface area contributed by atoms with E-state index in [1.165, 1.54) is 0 Å². The molecule has 0 radical (unpaired) electrons. The largest absolute Gasteiger partial charge is 0.320 e. The molecule has 2 unspecified atom stereocenters. The third-order valence-electron chi connectivity index (χ3n) is 2.77. The minimum atomic E-state index is -0.345. The highest BCUT2D eigenvalue weighted by molar-refractivity contribution is 8.11. The number of nitrogens with one attached hydrogen (secondary N) is 1. The molecule has 0 aromatic rings. The molecule has 0 spiro atoms. The van der Waals surface area contributed by atoms with Crippen molar-refractivity contribution in [3.8, 4) is 0 Å². The van der Waals surface area contributed by atoms with E-state index in [-0.39, 0.29) is 5.54 Å². The Kier molecular flexibility index (Phi) is 3.52. The lowest BCUT2D eigenvalue weighted by Gasteiger charge is -2.32. The van der Waals surface area contributed by atoms with E-state index in [9.17, 15) is 0 Å². The van der Waals surface area contributed by atoms with Crippen LogP contribution in [-0.2, 0) is 0 Å². The molecule has 3 N–H and O–H groups in total. The average Bonchev–Trinajstić information content (AvgIpc) is 2.54. The Morgan fingerprint density at radius 1 is 1.83 bits per heavy atom. The van der Waals surface area contributed by atoms with E-state index in [0.717, 1.165) is 25.9 Å². The Hall–Kier alpha value is 0.360. The van der Waals surface area contributed by atoms with Crippen LogP contribution in [0.2, 0.25) is 0 Å². The summed E-state index contributed by atoms with van der Waals surface area (Å²) in [5, 5.41) is 3.29. The number of thiol groups is 1. The van der Waals surface area contributed by atoms with Crippen molar-refractivity contribution in [2.45, 2.75) is 25.3 Å². The average molecular weight is 204 g/mol. The molecule has 1 aliphatic heterocycles. The molecular weight excluding hydrogens is 188 g/mol. The summed E-state index contributed by atoms with van der Waals surface area (Å²) in [4.78, 5) is 0. The predicted molar refractivity (Wildman–Crippen MR) is 59.8 cm³/mol. The molecule has 70 valence electrons. The van der Waals surface area contributed by atoms with Gasteiger partial charge < -0.3 is 11.1 Å². The van der Waals surface area contributed by atoms with Crippen LogP contribution >= 0.6 is 24.8 Å². The Labute approximate surface area is 84.7 Å². The molecule has 0 aromatic carbocycles. The fourth-order valence-corrected chi connectivity index (χ4v) is 2.36. The van der Waals surface area contributed by atoms with E-state index in [1.807, 2.05) is 0 Å². The van der Waals surface area contributed by atoms with Crippen LogP contribution in [0.25, 0.3) is 0 Å². The predicted octanol–water partition coefficient (Wildman–Crippen LogP) is 0.961. The first-order valence-electron chi connectivity index (χ1n) is 4.34. The molecule has 1 saturated heterocycles. The van der Waals surface area contributed by atoms with Crippen molar-refractivity contribution in [2.75, 3.05) is 13.1 Å². The van der Waals surface area contributed by atoms with Crippen LogP contribution in [0.3, 0.4) is 0 Å². The highest BCUT2D eigenvalue weighted by atomic mass is 32.1. The second-order valence-corrected chi connectivity index (χ2v) is 4.55. The summed E-state index contributed by atoms with van der Waals surface area (Å²) in [6.45, 7) is 4.10. The second kappa shape index (κ2) is 4.05. The maximum atomic E-state index is 6.19. The highest BCUT2D eigenvalue weighted by Gasteiger charge is 2.37. The second-order valence-electron chi connectivity index (χ2n) is 3.39. The van der Waals surface area contributed by atoms with E-state index in [2.05, 4.69) is 24.9 Å². The Morgan fingerprint density at radius 2 is 2.50 bits per heavy atom. The van der Waals surface area contributed by atoms with Gasteiger partial charge in [-0.15, -0.1) is 12.6 Å². The highest BCUT2D eigenvalue weighted by Crippen LogP contribution is 2.27. The number of nitrogens with two attached hydrogens (primary N) is 1. The zero-order valence-corrected chi connectivity index (χ0v) is 9.05. The van der Waals surface area contributed by atoms with Crippen LogP contribution in [0.1, 0.15) is 19.8 Å². The molecule has 12 heavy (non-hydrogen) atoms. The number of thiocarbonyl (C=S) groups is 1. The Bertz CT molecular complexity index is 178. The van der Waals surface area contributed by atoms with Crippen LogP contribution < -0.4 is 11.1 Å². The maximum absolute atomic E-state index is 6.19. The summed E-state index contributed by atoms with van der Waals surface area (Å²) in [6.07, 6.45) is 1.99. The lowest BCUT2D eigenvalue weighted by molar-refractivity contribution is 0.380. The van der Waals surface area contributed by atoms with Gasteiger partial charge in [0.25, 0.3) is 0 Å². The molecule has 2 atom stereocenters. The normalized spacial score (nSPS) is 28.4. The molecule has 1 rings (SSSR count). The van der Waals surface area contributed by atoms with Gasteiger partial charge in [0.15, 0.2) is 0 Å². The van der Waals surface area contributed by atoms with Gasteiger partial charge in [0, 0.05) is 6.54 Å². The van der Waals surface area contributed by atoms with Crippen molar-refractivity contribution in [3.63, 3.8) is 0 Å². The first-order valence-corrected chi connectivity index (χ1v) is 5.19. The van der Waals surface area contributed by atoms with Crippen molar-refractivity contribution in [3.05, 3.63) is 0 Å². The molecule has 0 aliphatic carbocycles. The Morgan fingerprint density at radius 3 is 2.83 bits per heavy atom. The van der Waals surface area contributed by atoms with E-state index < -0.39 is 0 Å². The molecule has 1 aliphatic rings. The van der Waals surface area contributed by atoms with Gasteiger partial charge in [-0.05, 0) is 25.3 Å². The summed E-state index contributed by atoms with van der Waals surface area (Å²) < 4.78 is 0.652.